The molecule has 0 bridgehead atoms. The summed E-state index contributed by atoms with van der Waals surface area (Å²) in [6.07, 6.45) is -0.535. The zero-order valence-corrected chi connectivity index (χ0v) is 14.8. The number of thioether (sulfide) groups is 1. The van der Waals surface area contributed by atoms with Crippen molar-refractivity contribution in [3.8, 4) is 5.75 Å². The Morgan fingerprint density at radius 1 is 1.35 bits per heavy atom. The second kappa shape index (κ2) is 6.97. The van der Waals surface area contributed by atoms with E-state index in [-0.39, 0.29) is 18.1 Å². The summed E-state index contributed by atoms with van der Waals surface area (Å²) in [6, 6.07) is 12.5. The van der Waals surface area contributed by atoms with Crippen molar-refractivity contribution in [1.29, 1.82) is 0 Å². The van der Waals surface area contributed by atoms with Gasteiger partial charge in [0.15, 0.2) is 5.16 Å². The summed E-state index contributed by atoms with van der Waals surface area (Å²) < 4.78 is 27.2. The maximum Gasteiger partial charge on any atom is 0.343 e. The number of benzene rings is 2. The summed E-state index contributed by atoms with van der Waals surface area (Å²) in [5.74, 6) is 0.694. The summed E-state index contributed by atoms with van der Waals surface area (Å²) in [5.41, 5.74) is 1.98. The number of aromatic amines is 1. The van der Waals surface area contributed by atoms with Gasteiger partial charge in [0.1, 0.15) is 11.6 Å². The molecule has 0 unspecified atom stereocenters. The molecular weight excluding hydrogens is 357 g/mol. The molecule has 3 aromatic rings. The summed E-state index contributed by atoms with van der Waals surface area (Å²) in [7, 11) is 1.63. The van der Waals surface area contributed by atoms with E-state index in [0.29, 0.717) is 27.8 Å². The zero-order valence-electron chi connectivity index (χ0n) is 13.9. The molecular formula is C18H16FN3O3S. The molecule has 1 aromatic heterocycles. The average molecular weight is 373 g/mol. The Bertz CT molecular complexity index is 987. The van der Waals surface area contributed by atoms with Crippen LogP contribution in [0.1, 0.15) is 23.0 Å². The molecule has 0 fully saturated rings. The third-order valence-corrected chi connectivity index (χ3v) is 5.17. The lowest BCUT2D eigenvalue weighted by Gasteiger charge is -2.28. The summed E-state index contributed by atoms with van der Waals surface area (Å²) in [5, 5.41) is 6.87. The first-order valence-corrected chi connectivity index (χ1v) is 8.99. The van der Waals surface area contributed by atoms with Crippen LogP contribution in [0.2, 0.25) is 0 Å². The highest BCUT2D eigenvalue weighted by molar-refractivity contribution is 7.98. The van der Waals surface area contributed by atoms with E-state index < -0.39 is 6.29 Å². The number of nitrogens with zero attached hydrogens (tertiary/aromatic N) is 2. The van der Waals surface area contributed by atoms with E-state index in [9.17, 15) is 9.18 Å². The Labute approximate surface area is 153 Å². The number of nitrogens with one attached hydrogen (secondary N) is 1. The first-order valence-electron chi connectivity index (χ1n) is 8.00. The zero-order chi connectivity index (χ0) is 18.1. The third kappa shape index (κ3) is 3.25. The molecule has 4 rings (SSSR count). The Morgan fingerprint density at radius 3 is 2.88 bits per heavy atom. The highest BCUT2D eigenvalue weighted by atomic mass is 32.2. The molecule has 1 atom stereocenters. The van der Waals surface area contributed by atoms with Crippen molar-refractivity contribution in [2.24, 2.45) is 7.05 Å². The SMILES string of the molecule is Cn1c(SCc2cc(F)cc3c2O[C@H](c2ccccc2)OC3)n[nH]c1=O. The van der Waals surface area contributed by atoms with Crippen molar-refractivity contribution < 1.29 is 13.9 Å². The number of H-pyrrole nitrogens is 1. The second-order valence-corrected chi connectivity index (χ2v) is 6.83. The molecule has 6 nitrogen and oxygen atoms in total. The van der Waals surface area contributed by atoms with E-state index in [1.54, 1.807) is 7.05 Å². The van der Waals surface area contributed by atoms with Crippen LogP contribution < -0.4 is 10.4 Å². The van der Waals surface area contributed by atoms with Gasteiger partial charge in [0.2, 0.25) is 6.29 Å². The number of hydrogen-bond donors (Lipinski definition) is 1. The van der Waals surface area contributed by atoms with Gasteiger partial charge in [-0.05, 0) is 12.1 Å². The fourth-order valence-electron chi connectivity index (χ4n) is 2.76. The minimum absolute atomic E-state index is 0.269. The van der Waals surface area contributed by atoms with E-state index in [2.05, 4.69) is 10.2 Å². The van der Waals surface area contributed by atoms with E-state index in [1.165, 1.54) is 28.5 Å². The first-order chi connectivity index (χ1) is 12.6. The van der Waals surface area contributed by atoms with Crippen molar-refractivity contribution in [1.82, 2.24) is 14.8 Å². The Kier molecular flexibility index (Phi) is 4.52. The number of fused-ring (bicyclic) bond motifs is 1. The van der Waals surface area contributed by atoms with Gasteiger partial charge < -0.3 is 9.47 Å². The number of ether oxygens (including phenoxy) is 2. The van der Waals surface area contributed by atoms with Crippen LogP contribution in [0, 0.1) is 5.82 Å². The molecule has 1 aliphatic rings. The largest absolute Gasteiger partial charge is 0.460 e. The van der Waals surface area contributed by atoms with Crippen LogP contribution in [0.25, 0.3) is 0 Å². The van der Waals surface area contributed by atoms with Gasteiger partial charge in [0.25, 0.3) is 0 Å². The molecule has 0 spiro atoms. The fraction of sp³-hybridized carbons (Fsp3) is 0.222. The Morgan fingerprint density at radius 2 is 2.15 bits per heavy atom. The van der Waals surface area contributed by atoms with Gasteiger partial charge >= 0.3 is 5.69 Å². The van der Waals surface area contributed by atoms with Crippen LogP contribution in [-0.4, -0.2) is 14.8 Å². The van der Waals surface area contributed by atoms with E-state index in [0.717, 1.165) is 5.56 Å². The van der Waals surface area contributed by atoms with Crippen LogP contribution in [0.3, 0.4) is 0 Å². The molecule has 0 aliphatic carbocycles. The molecule has 1 N–H and O–H groups in total. The molecule has 8 heteroatoms. The Hall–Kier alpha value is -2.58. The summed E-state index contributed by atoms with van der Waals surface area (Å²) in [6.45, 7) is 0.269. The minimum Gasteiger partial charge on any atom is -0.460 e. The van der Waals surface area contributed by atoms with Crippen molar-refractivity contribution >= 4 is 11.8 Å². The highest BCUT2D eigenvalue weighted by Gasteiger charge is 2.25. The van der Waals surface area contributed by atoms with Gasteiger partial charge in [-0.3, -0.25) is 4.57 Å². The molecule has 0 radical (unpaired) electrons. The van der Waals surface area contributed by atoms with Gasteiger partial charge in [-0.2, -0.15) is 0 Å². The van der Waals surface area contributed by atoms with Crippen molar-refractivity contribution in [2.75, 3.05) is 0 Å². The average Bonchev–Trinajstić information content (AvgIpc) is 2.98. The van der Waals surface area contributed by atoms with Gasteiger partial charge in [-0.1, -0.05) is 42.1 Å². The summed E-state index contributed by atoms with van der Waals surface area (Å²) >= 11 is 1.33. The lowest BCUT2D eigenvalue weighted by molar-refractivity contribution is -0.112. The van der Waals surface area contributed by atoms with Gasteiger partial charge in [0.05, 0.1) is 6.61 Å². The molecule has 0 saturated carbocycles. The van der Waals surface area contributed by atoms with E-state index in [4.69, 9.17) is 9.47 Å². The lowest BCUT2D eigenvalue weighted by atomic mass is 10.1. The van der Waals surface area contributed by atoms with Crippen molar-refractivity contribution in [3.05, 3.63) is 75.5 Å². The Balaban J connectivity index is 1.61. The van der Waals surface area contributed by atoms with Crippen molar-refractivity contribution in [2.45, 2.75) is 23.8 Å². The molecule has 0 saturated heterocycles. The van der Waals surface area contributed by atoms with Crippen molar-refractivity contribution in [3.63, 3.8) is 0 Å². The number of halogens is 1. The number of rotatable bonds is 4. The standard InChI is InChI=1S/C18H16FN3O3S/c1-22-17(23)20-21-18(22)26-10-13-8-14(19)7-12-9-24-16(25-15(12)13)11-5-3-2-4-6-11/h2-8,16H,9-10H2,1H3,(H,20,23)/t16-/m1/s1. The van der Waals surface area contributed by atoms with Gasteiger partial charge in [-0.25, -0.2) is 14.3 Å². The number of hydrogen-bond acceptors (Lipinski definition) is 5. The fourth-order valence-corrected chi connectivity index (χ4v) is 3.65. The summed E-state index contributed by atoms with van der Waals surface area (Å²) in [4.78, 5) is 11.5. The molecule has 2 aromatic carbocycles. The smallest absolute Gasteiger partial charge is 0.343 e. The molecule has 0 amide bonds. The highest BCUT2D eigenvalue weighted by Crippen LogP contribution is 2.38. The quantitative estimate of drug-likeness (QED) is 0.712. The first kappa shape index (κ1) is 16.9. The van der Waals surface area contributed by atoms with Crippen LogP contribution in [0.4, 0.5) is 4.39 Å². The lowest BCUT2D eigenvalue weighted by Crippen LogP contribution is -2.19. The molecule has 134 valence electrons. The van der Waals surface area contributed by atoms with Crippen LogP contribution in [0.15, 0.2) is 52.4 Å². The molecule has 26 heavy (non-hydrogen) atoms. The maximum atomic E-state index is 14.0. The van der Waals surface area contributed by atoms with Gasteiger partial charge in [0, 0.05) is 29.5 Å². The number of aromatic nitrogens is 3. The minimum atomic E-state index is -0.535. The molecule has 1 aliphatic heterocycles. The third-order valence-electron chi connectivity index (χ3n) is 4.09. The van der Waals surface area contributed by atoms with E-state index in [1.807, 2.05) is 30.3 Å². The van der Waals surface area contributed by atoms with Crippen LogP contribution in [-0.2, 0) is 24.1 Å². The topological polar surface area (TPSA) is 69.1 Å². The predicted octanol–water partition coefficient (Wildman–Crippen LogP) is 3.15. The second-order valence-electron chi connectivity index (χ2n) is 5.88. The van der Waals surface area contributed by atoms with E-state index >= 15 is 0 Å². The predicted molar refractivity (Wildman–Crippen MR) is 94.4 cm³/mol. The molecule has 2 heterocycles. The maximum absolute atomic E-state index is 14.0. The van der Waals surface area contributed by atoms with Gasteiger partial charge in [-0.15, -0.1) is 5.10 Å². The van der Waals surface area contributed by atoms with Crippen LogP contribution >= 0.6 is 11.8 Å². The van der Waals surface area contributed by atoms with Crippen LogP contribution in [0.5, 0.6) is 5.75 Å². The monoisotopic (exact) mass is 373 g/mol. The normalized spacial score (nSPS) is 16.2.